The minimum absolute atomic E-state index is 0.256. The van der Waals surface area contributed by atoms with Gasteiger partial charge in [0.15, 0.2) is 0 Å². The summed E-state index contributed by atoms with van der Waals surface area (Å²) in [6, 6.07) is 13.4. The molecule has 1 aromatic heterocycles. The third-order valence-corrected chi connectivity index (χ3v) is 3.31. The van der Waals surface area contributed by atoms with Gasteiger partial charge in [0.2, 0.25) is 0 Å². The molecule has 0 aliphatic carbocycles. The molecule has 0 saturated heterocycles. The van der Waals surface area contributed by atoms with Crippen LogP contribution in [-0.4, -0.2) is 10.9 Å². The highest BCUT2D eigenvalue weighted by atomic mass is 19.1. The van der Waals surface area contributed by atoms with Crippen LogP contribution in [0, 0.1) is 12.7 Å². The van der Waals surface area contributed by atoms with E-state index >= 15 is 0 Å². The van der Waals surface area contributed by atoms with Crippen molar-refractivity contribution in [3.05, 3.63) is 71.7 Å². The molecule has 1 heterocycles. The molecule has 21 heavy (non-hydrogen) atoms. The summed E-state index contributed by atoms with van der Waals surface area (Å²) in [6.45, 7) is 1.75. The average molecular weight is 280 g/mol. The Morgan fingerprint density at radius 2 is 1.95 bits per heavy atom. The van der Waals surface area contributed by atoms with Crippen molar-refractivity contribution in [2.75, 3.05) is 5.32 Å². The highest BCUT2D eigenvalue weighted by Crippen LogP contribution is 2.20. The van der Waals surface area contributed by atoms with E-state index in [1.807, 2.05) is 24.3 Å². The third kappa shape index (κ3) is 2.60. The SMILES string of the molecule is Cc1cc(F)ccc1NC(=O)c1cccc2cccnc12. The number of rotatable bonds is 2. The summed E-state index contributed by atoms with van der Waals surface area (Å²) >= 11 is 0. The fourth-order valence-corrected chi connectivity index (χ4v) is 2.24. The minimum Gasteiger partial charge on any atom is -0.322 e. The molecule has 2 aromatic carbocycles. The average Bonchev–Trinajstić information content (AvgIpc) is 2.49. The Bertz CT molecular complexity index is 825. The van der Waals surface area contributed by atoms with Crippen LogP contribution in [0.4, 0.5) is 10.1 Å². The van der Waals surface area contributed by atoms with E-state index in [0.717, 1.165) is 5.39 Å². The molecule has 1 N–H and O–H groups in total. The van der Waals surface area contributed by atoms with Gasteiger partial charge in [-0.1, -0.05) is 18.2 Å². The zero-order valence-corrected chi connectivity index (χ0v) is 11.4. The quantitative estimate of drug-likeness (QED) is 0.772. The molecule has 0 aliphatic rings. The molecular weight excluding hydrogens is 267 g/mol. The van der Waals surface area contributed by atoms with Crippen molar-refractivity contribution < 1.29 is 9.18 Å². The lowest BCUT2D eigenvalue weighted by molar-refractivity contribution is 0.102. The second-order valence-electron chi connectivity index (χ2n) is 4.79. The van der Waals surface area contributed by atoms with E-state index in [9.17, 15) is 9.18 Å². The van der Waals surface area contributed by atoms with E-state index in [4.69, 9.17) is 0 Å². The number of pyridine rings is 1. The number of carbonyl (C=O) groups is 1. The zero-order valence-electron chi connectivity index (χ0n) is 11.4. The Balaban J connectivity index is 1.97. The highest BCUT2D eigenvalue weighted by Gasteiger charge is 2.12. The summed E-state index contributed by atoms with van der Waals surface area (Å²) in [6.07, 6.45) is 1.66. The number of amides is 1. The molecule has 3 nitrogen and oxygen atoms in total. The number of fused-ring (bicyclic) bond motifs is 1. The maximum Gasteiger partial charge on any atom is 0.257 e. The first-order chi connectivity index (χ1) is 10.1. The number of anilines is 1. The van der Waals surface area contributed by atoms with Crippen molar-refractivity contribution in [3.63, 3.8) is 0 Å². The number of hydrogen-bond acceptors (Lipinski definition) is 2. The standard InChI is InChI=1S/C17H13FN2O/c1-11-10-13(18)7-8-15(11)20-17(21)14-6-2-4-12-5-3-9-19-16(12)14/h2-10H,1H3,(H,20,21). The van der Waals surface area contributed by atoms with E-state index < -0.39 is 0 Å². The molecule has 4 heteroatoms. The molecular formula is C17H13FN2O. The maximum absolute atomic E-state index is 13.1. The molecule has 0 spiro atoms. The molecule has 0 radical (unpaired) electrons. The number of nitrogens with one attached hydrogen (secondary N) is 1. The summed E-state index contributed by atoms with van der Waals surface area (Å²) in [4.78, 5) is 16.7. The predicted molar refractivity (Wildman–Crippen MR) is 80.8 cm³/mol. The third-order valence-electron chi connectivity index (χ3n) is 3.31. The van der Waals surface area contributed by atoms with E-state index in [-0.39, 0.29) is 11.7 Å². The van der Waals surface area contributed by atoms with Crippen LogP contribution in [0.25, 0.3) is 10.9 Å². The number of nitrogens with zero attached hydrogens (tertiary/aromatic N) is 1. The maximum atomic E-state index is 13.1. The van der Waals surface area contributed by atoms with Gasteiger partial charge in [0.1, 0.15) is 5.82 Å². The summed E-state index contributed by atoms with van der Waals surface area (Å²) in [5.41, 5.74) is 2.42. The van der Waals surface area contributed by atoms with E-state index in [2.05, 4.69) is 10.3 Å². The lowest BCUT2D eigenvalue weighted by Gasteiger charge is -2.09. The van der Waals surface area contributed by atoms with Gasteiger partial charge in [-0.25, -0.2) is 4.39 Å². The first-order valence-corrected chi connectivity index (χ1v) is 6.56. The van der Waals surface area contributed by atoms with Gasteiger partial charge in [-0.05, 0) is 42.8 Å². The predicted octanol–water partition coefficient (Wildman–Crippen LogP) is 3.93. The van der Waals surface area contributed by atoms with E-state index in [0.29, 0.717) is 22.3 Å². The van der Waals surface area contributed by atoms with Crippen LogP contribution >= 0.6 is 0 Å². The van der Waals surface area contributed by atoms with E-state index in [1.165, 1.54) is 12.1 Å². The van der Waals surface area contributed by atoms with Crippen LogP contribution in [-0.2, 0) is 0 Å². The molecule has 3 aromatic rings. The summed E-state index contributed by atoms with van der Waals surface area (Å²) in [7, 11) is 0. The fourth-order valence-electron chi connectivity index (χ4n) is 2.24. The Hall–Kier alpha value is -2.75. The molecule has 0 fully saturated rings. The number of para-hydroxylation sites is 1. The molecule has 0 bridgehead atoms. The second kappa shape index (κ2) is 5.32. The molecule has 0 unspecified atom stereocenters. The number of halogens is 1. The highest BCUT2D eigenvalue weighted by molar-refractivity contribution is 6.12. The van der Waals surface area contributed by atoms with Crippen molar-refractivity contribution in [1.82, 2.24) is 4.98 Å². The normalized spacial score (nSPS) is 10.6. The first-order valence-electron chi connectivity index (χ1n) is 6.56. The molecule has 3 rings (SSSR count). The van der Waals surface area contributed by atoms with E-state index in [1.54, 1.807) is 25.3 Å². The van der Waals surface area contributed by atoms with Gasteiger partial charge in [0, 0.05) is 17.3 Å². The number of aryl methyl sites for hydroxylation is 1. The van der Waals surface area contributed by atoms with Gasteiger partial charge < -0.3 is 5.32 Å². The molecule has 104 valence electrons. The van der Waals surface area contributed by atoms with Crippen LogP contribution in [0.3, 0.4) is 0 Å². The summed E-state index contributed by atoms with van der Waals surface area (Å²) in [5.74, 6) is -0.577. The van der Waals surface area contributed by atoms with Gasteiger partial charge in [-0.2, -0.15) is 0 Å². The van der Waals surface area contributed by atoms with Crippen molar-refractivity contribution >= 4 is 22.5 Å². The van der Waals surface area contributed by atoms with Gasteiger partial charge in [-0.3, -0.25) is 9.78 Å². The van der Waals surface area contributed by atoms with Crippen LogP contribution in [0.15, 0.2) is 54.7 Å². The van der Waals surface area contributed by atoms with Crippen molar-refractivity contribution in [1.29, 1.82) is 0 Å². The lowest BCUT2D eigenvalue weighted by atomic mass is 10.1. The van der Waals surface area contributed by atoms with Crippen LogP contribution in [0.1, 0.15) is 15.9 Å². The van der Waals surface area contributed by atoms with Crippen molar-refractivity contribution in [3.8, 4) is 0 Å². The van der Waals surface area contributed by atoms with Gasteiger partial charge in [0.25, 0.3) is 5.91 Å². The Morgan fingerprint density at radius 1 is 1.14 bits per heavy atom. The largest absolute Gasteiger partial charge is 0.322 e. The molecule has 0 atom stereocenters. The fraction of sp³-hybridized carbons (Fsp3) is 0.0588. The van der Waals surface area contributed by atoms with Crippen molar-refractivity contribution in [2.45, 2.75) is 6.92 Å². The zero-order chi connectivity index (χ0) is 14.8. The van der Waals surface area contributed by atoms with Gasteiger partial charge >= 0.3 is 0 Å². The number of carbonyl (C=O) groups excluding carboxylic acids is 1. The Labute approximate surface area is 121 Å². The van der Waals surface area contributed by atoms with Gasteiger partial charge in [0.05, 0.1) is 11.1 Å². The molecule has 0 aliphatic heterocycles. The Kier molecular flexibility index (Phi) is 3.36. The molecule has 0 saturated carbocycles. The number of hydrogen-bond donors (Lipinski definition) is 1. The van der Waals surface area contributed by atoms with Gasteiger partial charge in [-0.15, -0.1) is 0 Å². The van der Waals surface area contributed by atoms with Crippen LogP contribution < -0.4 is 5.32 Å². The van der Waals surface area contributed by atoms with Crippen LogP contribution in [0.2, 0.25) is 0 Å². The minimum atomic E-state index is -0.322. The van der Waals surface area contributed by atoms with Crippen LogP contribution in [0.5, 0.6) is 0 Å². The number of benzene rings is 2. The second-order valence-corrected chi connectivity index (χ2v) is 4.79. The monoisotopic (exact) mass is 280 g/mol. The summed E-state index contributed by atoms with van der Waals surface area (Å²) < 4.78 is 13.1. The lowest BCUT2D eigenvalue weighted by Crippen LogP contribution is -2.13. The van der Waals surface area contributed by atoms with Crippen molar-refractivity contribution in [2.24, 2.45) is 0 Å². The smallest absolute Gasteiger partial charge is 0.257 e. The Morgan fingerprint density at radius 3 is 2.76 bits per heavy atom. The first kappa shape index (κ1) is 13.2. The number of aromatic nitrogens is 1. The molecule has 1 amide bonds. The summed E-state index contributed by atoms with van der Waals surface area (Å²) in [5, 5.41) is 3.70. The topological polar surface area (TPSA) is 42.0 Å².